The molecule has 0 fully saturated rings. The van der Waals surface area contributed by atoms with Gasteiger partial charge in [0.1, 0.15) is 0 Å². The van der Waals surface area contributed by atoms with Gasteiger partial charge in [-0.3, -0.25) is 0 Å². The van der Waals surface area contributed by atoms with E-state index in [1.807, 2.05) is 7.11 Å². The Balaban J connectivity index is 2.22. The Morgan fingerprint density at radius 3 is 1.52 bits per heavy atom. The average molecular weight is 697 g/mol. The SMILES string of the molecule is CC[Si](CC)(c1cc(C)cc(C(C)(C)C)c1OC)[C]1([Sc]([CH2]c2ccccc2N(C)C)[CH2]c2ccccc2N(C)C)C(C)=C(C)C(C)=C1C. The molecule has 3 aromatic rings. The Hall–Kier alpha value is -2.37. The van der Waals surface area contributed by atoms with Crippen LogP contribution in [0.5, 0.6) is 5.75 Å². The van der Waals surface area contributed by atoms with Crippen molar-refractivity contribution in [2.75, 3.05) is 45.1 Å². The number of methoxy groups -OCH3 is 1. The first kappa shape index (κ1) is 38.4. The minimum atomic E-state index is -2.55. The van der Waals surface area contributed by atoms with Gasteiger partial charge in [-0.2, -0.15) is 0 Å². The van der Waals surface area contributed by atoms with E-state index in [1.54, 1.807) is 16.3 Å². The van der Waals surface area contributed by atoms with Crippen molar-refractivity contribution in [1.82, 2.24) is 0 Å². The average Bonchev–Trinajstić information content (AvgIpc) is 3.21. The van der Waals surface area contributed by atoms with Gasteiger partial charge < -0.3 is 0 Å². The quantitative estimate of drug-likeness (QED) is 0.175. The Morgan fingerprint density at radius 2 is 1.15 bits per heavy atom. The van der Waals surface area contributed by atoms with Gasteiger partial charge in [-0.25, -0.2) is 0 Å². The van der Waals surface area contributed by atoms with Crippen molar-refractivity contribution < 1.29 is 26.2 Å². The second-order valence-electron chi connectivity index (χ2n) is 15.9. The summed E-state index contributed by atoms with van der Waals surface area (Å²) in [5, 5.41) is 1.55. The zero-order valence-corrected chi connectivity index (χ0v) is 35.8. The van der Waals surface area contributed by atoms with Crippen molar-refractivity contribution in [3.05, 3.63) is 105 Å². The van der Waals surface area contributed by atoms with E-state index in [9.17, 15) is 0 Å². The van der Waals surface area contributed by atoms with Crippen molar-refractivity contribution in [3.8, 4) is 5.75 Å². The van der Waals surface area contributed by atoms with Crippen LogP contribution in [-0.4, -0.2) is 43.4 Å². The van der Waals surface area contributed by atoms with Gasteiger partial charge in [0.15, 0.2) is 0 Å². The predicted molar refractivity (Wildman–Crippen MR) is 211 cm³/mol. The Kier molecular flexibility index (Phi) is 11.9. The number of allylic oxidation sites excluding steroid dienone is 4. The molecule has 0 atom stereocenters. The van der Waals surface area contributed by atoms with Crippen LogP contribution < -0.4 is 19.7 Å². The number of nitrogens with zero attached hydrogens (tertiary/aromatic N) is 2. The van der Waals surface area contributed by atoms with E-state index >= 15 is 0 Å². The van der Waals surface area contributed by atoms with Crippen molar-refractivity contribution >= 4 is 24.6 Å². The van der Waals surface area contributed by atoms with Crippen molar-refractivity contribution in [2.45, 2.75) is 97.9 Å². The molecule has 1 aliphatic carbocycles. The molecule has 0 heterocycles. The summed E-state index contributed by atoms with van der Waals surface area (Å²) in [6.07, 6.45) is 0. The molecule has 0 unspecified atom stereocenters. The fourth-order valence-corrected chi connectivity index (χ4v) is 29.8. The van der Waals surface area contributed by atoms with E-state index in [2.05, 4.69) is 168 Å². The molecule has 0 bridgehead atoms. The molecule has 0 N–H and O–H groups in total. The number of anilines is 2. The second-order valence-corrected chi connectivity index (χ2v) is 26.5. The maximum absolute atomic E-state index is 6.62. The molecule has 1 aliphatic rings. The van der Waals surface area contributed by atoms with E-state index in [0.717, 1.165) is 5.75 Å². The molecule has 4 rings (SSSR count). The molecule has 0 saturated heterocycles. The van der Waals surface area contributed by atoms with Crippen molar-refractivity contribution in [1.29, 1.82) is 0 Å². The maximum atomic E-state index is 6.62. The van der Waals surface area contributed by atoms with Gasteiger partial charge in [-0.15, -0.1) is 0 Å². The molecule has 0 spiro atoms. The topological polar surface area (TPSA) is 15.7 Å². The molecule has 0 aliphatic heterocycles. The third kappa shape index (κ3) is 6.48. The summed E-state index contributed by atoms with van der Waals surface area (Å²) in [5.41, 5.74) is 14.9. The van der Waals surface area contributed by atoms with Gasteiger partial charge in [-0.05, 0) is 0 Å². The summed E-state index contributed by atoms with van der Waals surface area (Å²) in [4.78, 5) is 4.66. The molecular formula is C43H63N2OScSi. The molecular weight excluding hydrogens is 634 g/mol. The standard InChI is InChI=1S/C25H39OSi.2C9H12N.Sc/c1-12-27(13-2,24-19(6)17(4)18(5)20(24)7)22-15-16(3)14-21(23(22)26-11)25(8,9)10;2*1-8-6-4-5-7-9(8)10(2)3;/h14-15H,12-13H2,1-11H3;2*4-7H,1H2,2-3H3;. The molecule has 0 amide bonds. The summed E-state index contributed by atoms with van der Waals surface area (Å²) in [6, 6.07) is 25.8. The number of aryl methyl sites for hydroxylation is 1. The van der Waals surface area contributed by atoms with Gasteiger partial charge >= 0.3 is 305 Å². The predicted octanol–water partition coefficient (Wildman–Crippen LogP) is 10.5. The molecule has 0 saturated carbocycles. The van der Waals surface area contributed by atoms with E-state index in [4.69, 9.17) is 4.74 Å². The molecule has 5 heteroatoms. The molecule has 0 aromatic heterocycles. The van der Waals surface area contributed by atoms with Crippen LogP contribution in [0.1, 0.15) is 84.6 Å². The molecule has 0 radical (unpaired) electrons. The van der Waals surface area contributed by atoms with Gasteiger partial charge in [0, 0.05) is 0 Å². The number of para-hydroxylation sites is 2. The molecule has 48 heavy (non-hydrogen) atoms. The van der Waals surface area contributed by atoms with Crippen LogP contribution in [0.2, 0.25) is 14.9 Å². The molecule has 3 aromatic carbocycles. The van der Waals surface area contributed by atoms with Crippen LogP contribution in [0, 0.1) is 6.92 Å². The van der Waals surface area contributed by atoms with Crippen LogP contribution >= 0.6 is 0 Å². The van der Waals surface area contributed by atoms with Crippen LogP contribution in [0.25, 0.3) is 0 Å². The minimum absolute atomic E-state index is 0.0195. The summed E-state index contributed by atoms with van der Waals surface area (Å²) in [7, 11) is 8.37. The Bertz CT molecular complexity index is 1610. The van der Waals surface area contributed by atoms with Gasteiger partial charge in [0.25, 0.3) is 0 Å². The van der Waals surface area contributed by atoms with Crippen molar-refractivity contribution in [3.63, 3.8) is 0 Å². The van der Waals surface area contributed by atoms with Gasteiger partial charge in [-0.1, -0.05) is 0 Å². The fourth-order valence-electron chi connectivity index (χ4n) is 9.61. The summed E-state index contributed by atoms with van der Waals surface area (Å²) >= 11 is -2.55. The Morgan fingerprint density at radius 1 is 0.708 bits per heavy atom. The third-order valence-corrected chi connectivity index (χ3v) is 28.6. The van der Waals surface area contributed by atoms with Gasteiger partial charge in [0.2, 0.25) is 0 Å². The summed E-state index contributed by atoms with van der Waals surface area (Å²) in [5.74, 6) is 1.16. The van der Waals surface area contributed by atoms with Crippen molar-refractivity contribution in [2.24, 2.45) is 0 Å². The van der Waals surface area contributed by atoms with E-state index in [1.165, 1.54) is 65.2 Å². The number of rotatable bonds is 12. The summed E-state index contributed by atoms with van der Waals surface area (Å²) < 4.78 is 9.08. The summed E-state index contributed by atoms with van der Waals surface area (Å²) in [6.45, 7) is 24.4. The first-order valence-electron chi connectivity index (χ1n) is 18.1. The van der Waals surface area contributed by atoms with E-state index in [-0.39, 0.29) is 8.21 Å². The first-order valence-corrected chi connectivity index (χ1v) is 24.0. The fraction of sp³-hybridized carbons (Fsp3) is 0.488. The molecule has 3 nitrogen and oxygen atoms in total. The third-order valence-electron chi connectivity index (χ3n) is 12.1. The second kappa shape index (κ2) is 14.9. The zero-order valence-electron chi connectivity index (χ0n) is 33.0. The Labute approximate surface area is 303 Å². The molecule has 258 valence electrons. The van der Waals surface area contributed by atoms with Crippen LogP contribution in [0.3, 0.4) is 0 Å². The number of hydrogen-bond donors (Lipinski definition) is 0. The van der Waals surface area contributed by atoms with Gasteiger partial charge in [0.05, 0.1) is 0 Å². The van der Waals surface area contributed by atoms with Crippen LogP contribution in [0.4, 0.5) is 11.4 Å². The van der Waals surface area contributed by atoms with E-state index in [0.29, 0.717) is 0 Å². The number of hydrogen-bond acceptors (Lipinski definition) is 3. The number of benzene rings is 3. The first-order chi connectivity index (χ1) is 22.5. The van der Waals surface area contributed by atoms with Crippen LogP contribution in [0.15, 0.2) is 83.0 Å². The van der Waals surface area contributed by atoms with Crippen LogP contribution in [-0.2, 0) is 35.2 Å². The van der Waals surface area contributed by atoms with E-state index < -0.39 is 29.5 Å². The number of ether oxygens (including phenoxy) is 1. The normalized spacial score (nSPS) is 14.9. The zero-order chi connectivity index (χ0) is 35.8. The monoisotopic (exact) mass is 696 g/mol.